The van der Waals surface area contributed by atoms with Crippen LogP contribution in [0.25, 0.3) is 0 Å². The van der Waals surface area contributed by atoms with E-state index in [4.69, 9.17) is 5.84 Å². The first-order chi connectivity index (χ1) is 8.29. The number of pyridine rings is 1. The standard InChI is InChI=1S/C12H18N4O/c13-15-11-6-5-10(8-14-11)9-16-7-3-1-2-4-12(16)17/h5-6,8H,1-4,7,9,13H2,(H,14,15). The minimum Gasteiger partial charge on any atom is -0.338 e. The SMILES string of the molecule is NNc1ccc(CN2CCCCCC2=O)cn1. The molecule has 1 fully saturated rings. The first kappa shape index (κ1) is 11.9. The number of aromatic nitrogens is 1. The van der Waals surface area contributed by atoms with E-state index in [-0.39, 0.29) is 5.91 Å². The van der Waals surface area contributed by atoms with Gasteiger partial charge in [0.1, 0.15) is 5.82 Å². The highest BCUT2D eigenvalue weighted by molar-refractivity contribution is 5.76. The number of anilines is 1. The number of hydrazine groups is 1. The first-order valence-electron chi connectivity index (χ1n) is 5.99. The molecule has 1 aromatic heterocycles. The van der Waals surface area contributed by atoms with E-state index < -0.39 is 0 Å². The number of nitrogens with one attached hydrogen (secondary N) is 1. The molecule has 2 rings (SSSR count). The molecule has 0 aromatic carbocycles. The summed E-state index contributed by atoms with van der Waals surface area (Å²) in [6, 6.07) is 3.76. The van der Waals surface area contributed by atoms with Crippen molar-refractivity contribution in [3.8, 4) is 0 Å². The van der Waals surface area contributed by atoms with Crippen LogP contribution in [-0.4, -0.2) is 22.3 Å². The van der Waals surface area contributed by atoms with Gasteiger partial charge in [-0.25, -0.2) is 10.8 Å². The summed E-state index contributed by atoms with van der Waals surface area (Å²) in [5.41, 5.74) is 3.53. The van der Waals surface area contributed by atoms with Crippen molar-refractivity contribution in [2.75, 3.05) is 12.0 Å². The van der Waals surface area contributed by atoms with E-state index in [1.165, 1.54) is 0 Å². The molecule has 0 saturated carbocycles. The van der Waals surface area contributed by atoms with Crippen LogP contribution in [0.15, 0.2) is 18.3 Å². The second-order valence-electron chi connectivity index (χ2n) is 4.32. The maximum absolute atomic E-state index is 11.8. The molecule has 0 bridgehead atoms. The second-order valence-corrected chi connectivity index (χ2v) is 4.32. The average molecular weight is 234 g/mol. The van der Waals surface area contributed by atoms with Gasteiger partial charge < -0.3 is 10.3 Å². The number of likely N-dealkylation sites (tertiary alicyclic amines) is 1. The number of carbonyl (C=O) groups excluding carboxylic acids is 1. The molecule has 1 saturated heterocycles. The molecule has 92 valence electrons. The van der Waals surface area contributed by atoms with Gasteiger partial charge in [-0.2, -0.15) is 0 Å². The molecule has 3 N–H and O–H groups in total. The van der Waals surface area contributed by atoms with Crippen LogP contribution in [0.5, 0.6) is 0 Å². The Morgan fingerprint density at radius 2 is 2.24 bits per heavy atom. The number of amides is 1. The summed E-state index contributed by atoms with van der Waals surface area (Å²) in [5.74, 6) is 6.14. The van der Waals surface area contributed by atoms with Gasteiger partial charge in [-0.1, -0.05) is 12.5 Å². The Hall–Kier alpha value is -1.62. The van der Waals surface area contributed by atoms with E-state index in [0.717, 1.165) is 31.4 Å². The van der Waals surface area contributed by atoms with E-state index in [2.05, 4.69) is 10.4 Å². The number of rotatable bonds is 3. The molecule has 0 radical (unpaired) electrons. The van der Waals surface area contributed by atoms with Crippen molar-refractivity contribution < 1.29 is 4.79 Å². The highest BCUT2D eigenvalue weighted by Gasteiger charge is 2.16. The Morgan fingerprint density at radius 1 is 1.35 bits per heavy atom. The van der Waals surface area contributed by atoms with Crippen LogP contribution in [0.4, 0.5) is 5.82 Å². The Bertz CT molecular complexity index is 377. The predicted octanol–water partition coefficient (Wildman–Crippen LogP) is 1.27. The lowest BCUT2D eigenvalue weighted by atomic mass is 10.2. The Balaban J connectivity index is 2.00. The maximum atomic E-state index is 11.8. The van der Waals surface area contributed by atoms with E-state index in [1.807, 2.05) is 17.0 Å². The number of nitrogens with zero attached hydrogens (tertiary/aromatic N) is 2. The lowest BCUT2D eigenvalue weighted by Crippen LogP contribution is -2.29. The third-order valence-electron chi connectivity index (χ3n) is 3.02. The van der Waals surface area contributed by atoms with E-state index >= 15 is 0 Å². The lowest BCUT2D eigenvalue weighted by molar-refractivity contribution is -0.131. The molecule has 2 heterocycles. The number of nitrogens with two attached hydrogens (primary N) is 1. The zero-order valence-corrected chi connectivity index (χ0v) is 9.85. The van der Waals surface area contributed by atoms with Crippen molar-refractivity contribution in [1.29, 1.82) is 0 Å². The van der Waals surface area contributed by atoms with Crippen LogP contribution in [0.1, 0.15) is 31.2 Å². The molecule has 1 aromatic rings. The van der Waals surface area contributed by atoms with E-state index in [0.29, 0.717) is 18.8 Å². The zero-order valence-electron chi connectivity index (χ0n) is 9.85. The monoisotopic (exact) mass is 234 g/mol. The molecular weight excluding hydrogens is 216 g/mol. The van der Waals surface area contributed by atoms with Crippen LogP contribution in [0, 0.1) is 0 Å². The molecular formula is C12H18N4O. The van der Waals surface area contributed by atoms with Crippen LogP contribution < -0.4 is 11.3 Å². The van der Waals surface area contributed by atoms with Crippen molar-refractivity contribution in [3.63, 3.8) is 0 Å². The molecule has 1 aliphatic heterocycles. The second kappa shape index (κ2) is 5.63. The van der Waals surface area contributed by atoms with Crippen molar-refractivity contribution >= 4 is 11.7 Å². The summed E-state index contributed by atoms with van der Waals surface area (Å²) in [6.07, 6.45) is 5.70. The molecule has 5 heteroatoms. The number of hydrogen-bond donors (Lipinski definition) is 2. The summed E-state index contributed by atoms with van der Waals surface area (Å²) >= 11 is 0. The molecule has 0 aliphatic carbocycles. The Kier molecular flexibility index (Phi) is 3.93. The van der Waals surface area contributed by atoms with Gasteiger partial charge in [0.15, 0.2) is 0 Å². The molecule has 1 aliphatic rings. The molecule has 0 spiro atoms. The maximum Gasteiger partial charge on any atom is 0.222 e. The Labute approximate surface area is 101 Å². The van der Waals surface area contributed by atoms with Crippen LogP contribution in [0.3, 0.4) is 0 Å². The summed E-state index contributed by atoms with van der Waals surface area (Å²) in [7, 11) is 0. The number of nitrogen functional groups attached to an aromatic ring is 1. The fourth-order valence-electron chi connectivity index (χ4n) is 2.03. The van der Waals surface area contributed by atoms with Crippen molar-refractivity contribution in [2.45, 2.75) is 32.2 Å². The van der Waals surface area contributed by atoms with Gasteiger partial charge in [0, 0.05) is 25.7 Å². The summed E-state index contributed by atoms with van der Waals surface area (Å²) in [4.78, 5) is 17.9. The van der Waals surface area contributed by atoms with Crippen molar-refractivity contribution in [3.05, 3.63) is 23.9 Å². The molecule has 0 unspecified atom stereocenters. The zero-order chi connectivity index (χ0) is 12.1. The van der Waals surface area contributed by atoms with Gasteiger partial charge in [0.25, 0.3) is 0 Å². The fraction of sp³-hybridized carbons (Fsp3) is 0.500. The minimum atomic E-state index is 0.253. The first-order valence-corrected chi connectivity index (χ1v) is 5.99. The van der Waals surface area contributed by atoms with Gasteiger partial charge in [-0.05, 0) is 24.5 Å². The van der Waals surface area contributed by atoms with Crippen LogP contribution in [-0.2, 0) is 11.3 Å². The number of carbonyl (C=O) groups is 1. The average Bonchev–Trinajstić information content (AvgIpc) is 2.56. The van der Waals surface area contributed by atoms with Crippen LogP contribution >= 0.6 is 0 Å². The van der Waals surface area contributed by atoms with E-state index in [1.54, 1.807) is 6.20 Å². The van der Waals surface area contributed by atoms with Gasteiger partial charge >= 0.3 is 0 Å². The van der Waals surface area contributed by atoms with E-state index in [9.17, 15) is 4.79 Å². The minimum absolute atomic E-state index is 0.253. The van der Waals surface area contributed by atoms with Gasteiger partial charge in [-0.15, -0.1) is 0 Å². The van der Waals surface area contributed by atoms with Crippen molar-refractivity contribution in [1.82, 2.24) is 9.88 Å². The smallest absolute Gasteiger partial charge is 0.222 e. The summed E-state index contributed by atoms with van der Waals surface area (Å²) in [6.45, 7) is 1.51. The molecule has 5 nitrogen and oxygen atoms in total. The quantitative estimate of drug-likeness (QED) is 0.610. The largest absolute Gasteiger partial charge is 0.338 e. The fourth-order valence-corrected chi connectivity index (χ4v) is 2.03. The van der Waals surface area contributed by atoms with Gasteiger partial charge in [-0.3, -0.25) is 4.79 Å². The van der Waals surface area contributed by atoms with Gasteiger partial charge in [0.05, 0.1) is 0 Å². The highest BCUT2D eigenvalue weighted by atomic mass is 16.2. The Morgan fingerprint density at radius 3 is 2.94 bits per heavy atom. The molecule has 17 heavy (non-hydrogen) atoms. The predicted molar refractivity (Wildman–Crippen MR) is 65.9 cm³/mol. The molecule has 0 atom stereocenters. The summed E-state index contributed by atoms with van der Waals surface area (Å²) in [5, 5.41) is 0. The normalized spacial score (nSPS) is 16.8. The lowest BCUT2D eigenvalue weighted by Gasteiger charge is -2.20. The third kappa shape index (κ3) is 3.17. The van der Waals surface area contributed by atoms with Crippen LogP contribution in [0.2, 0.25) is 0 Å². The van der Waals surface area contributed by atoms with Crippen molar-refractivity contribution in [2.24, 2.45) is 5.84 Å². The van der Waals surface area contributed by atoms with Gasteiger partial charge in [0.2, 0.25) is 5.91 Å². The molecule has 1 amide bonds. The topological polar surface area (TPSA) is 71.2 Å². The third-order valence-corrected chi connectivity index (χ3v) is 3.02. The summed E-state index contributed by atoms with van der Waals surface area (Å²) < 4.78 is 0. The highest BCUT2D eigenvalue weighted by Crippen LogP contribution is 2.14. The number of hydrogen-bond acceptors (Lipinski definition) is 4.